The second-order valence-corrected chi connectivity index (χ2v) is 5.99. The molecule has 26 heavy (non-hydrogen) atoms. The number of hydrogen-bond acceptors (Lipinski definition) is 5. The van der Waals surface area contributed by atoms with E-state index < -0.39 is 23.9 Å². The molecule has 0 bridgehead atoms. The zero-order chi connectivity index (χ0) is 18.9. The van der Waals surface area contributed by atoms with E-state index in [9.17, 15) is 19.2 Å². The van der Waals surface area contributed by atoms with Gasteiger partial charge in [0.25, 0.3) is 0 Å². The molecular formula is C18H22N2O6. The largest absolute Gasteiger partial charge is 0.481 e. The highest BCUT2D eigenvalue weighted by molar-refractivity contribution is 5.92. The highest BCUT2D eigenvalue weighted by Crippen LogP contribution is 2.14. The van der Waals surface area contributed by atoms with Crippen LogP contribution in [0, 0.1) is 0 Å². The van der Waals surface area contributed by atoms with Crippen LogP contribution in [-0.4, -0.2) is 52.9 Å². The molecule has 0 saturated carbocycles. The minimum absolute atomic E-state index is 0.0230. The van der Waals surface area contributed by atoms with Crippen LogP contribution in [0.3, 0.4) is 0 Å². The Kier molecular flexibility index (Phi) is 7.13. The summed E-state index contributed by atoms with van der Waals surface area (Å²) in [6.07, 6.45) is -0.133. The molecule has 2 rings (SSSR count). The van der Waals surface area contributed by atoms with Crippen LogP contribution in [-0.2, 0) is 30.5 Å². The van der Waals surface area contributed by atoms with Crippen molar-refractivity contribution in [3.8, 4) is 0 Å². The van der Waals surface area contributed by atoms with E-state index in [0.717, 1.165) is 5.56 Å². The average Bonchev–Trinajstić information content (AvgIpc) is 2.62. The molecule has 140 valence electrons. The quantitative estimate of drug-likeness (QED) is 0.658. The molecule has 1 aliphatic heterocycles. The number of carboxylic acids is 1. The molecule has 1 atom stereocenters. The monoisotopic (exact) mass is 362 g/mol. The Morgan fingerprint density at radius 3 is 2.62 bits per heavy atom. The molecule has 0 aliphatic carbocycles. The maximum Gasteiger partial charge on any atom is 0.308 e. The van der Waals surface area contributed by atoms with Crippen molar-refractivity contribution in [1.29, 1.82) is 0 Å². The van der Waals surface area contributed by atoms with Crippen LogP contribution in [0.15, 0.2) is 30.3 Å². The number of carboxylic acid groups (broad SMARTS) is 1. The van der Waals surface area contributed by atoms with Gasteiger partial charge in [-0.05, 0) is 12.0 Å². The van der Waals surface area contributed by atoms with Gasteiger partial charge in [0, 0.05) is 25.9 Å². The van der Waals surface area contributed by atoms with Crippen molar-refractivity contribution in [3.63, 3.8) is 0 Å². The lowest BCUT2D eigenvalue weighted by atomic mass is 10.1. The average molecular weight is 362 g/mol. The van der Waals surface area contributed by atoms with E-state index in [1.165, 1.54) is 4.90 Å². The zero-order valence-electron chi connectivity index (χ0n) is 14.3. The third-order valence-corrected chi connectivity index (χ3v) is 4.04. The van der Waals surface area contributed by atoms with Gasteiger partial charge in [-0.25, -0.2) is 0 Å². The fourth-order valence-corrected chi connectivity index (χ4v) is 2.71. The Morgan fingerprint density at radius 1 is 1.19 bits per heavy atom. The van der Waals surface area contributed by atoms with Gasteiger partial charge < -0.3 is 20.1 Å². The van der Waals surface area contributed by atoms with Crippen molar-refractivity contribution in [3.05, 3.63) is 35.9 Å². The summed E-state index contributed by atoms with van der Waals surface area (Å²) in [6.45, 7) is 0.688. The Bertz CT molecular complexity index is 661. The maximum atomic E-state index is 12.3. The number of ether oxygens (including phenoxy) is 1. The first-order chi connectivity index (χ1) is 12.5. The van der Waals surface area contributed by atoms with Gasteiger partial charge in [0.2, 0.25) is 11.8 Å². The Morgan fingerprint density at radius 2 is 1.92 bits per heavy atom. The molecule has 0 spiro atoms. The smallest absolute Gasteiger partial charge is 0.308 e. The predicted octanol–water partition coefficient (Wildman–Crippen LogP) is 0.702. The molecule has 8 heteroatoms. The van der Waals surface area contributed by atoms with Crippen LogP contribution in [0.1, 0.15) is 31.2 Å². The van der Waals surface area contributed by atoms with Gasteiger partial charge in [-0.1, -0.05) is 30.3 Å². The lowest BCUT2D eigenvalue weighted by Gasteiger charge is -2.34. The van der Waals surface area contributed by atoms with Crippen molar-refractivity contribution in [2.75, 3.05) is 13.1 Å². The number of amides is 2. The molecule has 1 heterocycles. The fraction of sp³-hybridized carbons (Fsp3) is 0.444. The molecular weight excluding hydrogens is 340 g/mol. The lowest BCUT2D eigenvalue weighted by Crippen LogP contribution is -2.57. The number of carbonyl (C=O) groups is 4. The zero-order valence-corrected chi connectivity index (χ0v) is 14.3. The highest BCUT2D eigenvalue weighted by Gasteiger charge is 2.34. The molecule has 2 amide bonds. The van der Waals surface area contributed by atoms with E-state index in [-0.39, 0.29) is 44.7 Å². The second-order valence-electron chi connectivity index (χ2n) is 5.99. The van der Waals surface area contributed by atoms with Crippen molar-refractivity contribution < 1.29 is 29.0 Å². The number of hydrogen-bond donors (Lipinski definition) is 2. The summed E-state index contributed by atoms with van der Waals surface area (Å²) in [6, 6.07) is 8.22. The first kappa shape index (κ1) is 19.4. The van der Waals surface area contributed by atoms with Gasteiger partial charge in [0.05, 0.1) is 6.42 Å². The van der Waals surface area contributed by atoms with Gasteiger partial charge >= 0.3 is 11.9 Å². The van der Waals surface area contributed by atoms with E-state index >= 15 is 0 Å². The van der Waals surface area contributed by atoms with Crippen LogP contribution < -0.4 is 5.32 Å². The minimum Gasteiger partial charge on any atom is -0.481 e. The summed E-state index contributed by atoms with van der Waals surface area (Å²) in [7, 11) is 0. The summed E-state index contributed by atoms with van der Waals surface area (Å²) in [5, 5.41) is 11.3. The van der Waals surface area contributed by atoms with Crippen molar-refractivity contribution >= 4 is 23.8 Å². The molecule has 1 aliphatic rings. The second kappa shape index (κ2) is 9.55. The molecule has 1 aromatic carbocycles. The first-order valence-corrected chi connectivity index (χ1v) is 8.46. The number of nitrogens with zero attached hydrogens (tertiary/aromatic N) is 1. The molecule has 1 fully saturated rings. The van der Waals surface area contributed by atoms with E-state index in [0.29, 0.717) is 6.54 Å². The summed E-state index contributed by atoms with van der Waals surface area (Å²) in [4.78, 5) is 48.4. The Hall–Kier alpha value is -2.90. The number of carbonyl (C=O) groups excluding carboxylic acids is 3. The summed E-state index contributed by atoms with van der Waals surface area (Å²) in [5.74, 6) is -2.28. The lowest BCUT2D eigenvalue weighted by molar-refractivity contribution is -0.152. The number of esters is 1. The number of benzene rings is 1. The molecule has 1 aromatic rings. The van der Waals surface area contributed by atoms with E-state index in [4.69, 9.17) is 9.84 Å². The van der Waals surface area contributed by atoms with E-state index in [1.54, 1.807) is 0 Å². The molecule has 2 N–H and O–H groups in total. The number of nitrogens with one attached hydrogen (secondary N) is 1. The third kappa shape index (κ3) is 5.87. The maximum absolute atomic E-state index is 12.3. The topological polar surface area (TPSA) is 113 Å². The fourth-order valence-electron chi connectivity index (χ4n) is 2.71. The minimum atomic E-state index is -0.977. The third-order valence-electron chi connectivity index (χ3n) is 4.04. The van der Waals surface area contributed by atoms with Crippen LogP contribution in [0.5, 0.6) is 0 Å². The number of rotatable bonds is 8. The highest BCUT2D eigenvalue weighted by atomic mass is 16.5. The number of aliphatic carboxylic acids is 1. The molecule has 0 radical (unpaired) electrons. The summed E-state index contributed by atoms with van der Waals surface area (Å²) < 4.78 is 5.19. The van der Waals surface area contributed by atoms with Crippen LogP contribution in [0.4, 0.5) is 0 Å². The van der Waals surface area contributed by atoms with Crippen molar-refractivity contribution in [2.45, 2.75) is 38.3 Å². The van der Waals surface area contributed by atoms with Gasteiger partial charge in [0.15, 0.2) is 0 Å². The molecule has 0 aromatic heterocycles. The van der Waals surface area contributed by atoms with E-state index in [2.05, 4.69) is 5.32 Å². The Labute approximate surface area is 151 Å². The van der Waals surface area contributed by atoms with Crippen molar-refractivity contribution in [2.24, 2.45) is 0 Å². The normalized spacial score (nSPS) is 16.7. The molecule has 0 unspecified atom stereocenters. The Balaban J connectivity index is 1.90. The SMILES string of the molecule is O=C(O)CCCC(=O)N1CCNC(=O)[C@@H]1CC(=O)OCc1ccccc1. The predicted molar refractivity (Wildman–Crippen MR) is 90.9 cm³/mol. The van der Waals surface area contributed by atoms with Crippen molar-refractivity contribution in [1.82, 2.24) is 10.2 Å². The van der Waals surface area contributed by atoms with Crippen LogP contribution >= 0.6 is 0 Å². The first-order valence-electron chi connectivity index (χ1n) is 8.46. The van der Waals surface area contributed by atoms with Crippen LogP contribution in [0.25, 0.3) is 0 Å². The van der Waals surface area contributed by atoms with Gasteiger partial charge in [0.1, 0.15) is 12.6 Å². The summed E-state index contributed by atoms with van der Waals surface area (Å²) >= 11 is 0. The van der Waals surface area contributed by atoms with Crippen LogP contribution in [0.2, 0.25) is 0 Å². The number of piperazine rings is 1. The standard InChI is InChI=1S/C18H22N2O6/c21-15(7-4-8-16(22)23)20-10-9-19-18(25)14(20)11-17(24)26-12-13-5-2-1-3-6-13/h1-3,5-6,14H,4,7-12H2,(H,19,25)(H,22,23)/t14-/m0/s1. The van der Waals surface area contributed by atoms with Gasteiger partial charge in [-0.15, -0.1) is 0 Å². The van der Waals surface area contributed by atoms with Gasteiger partial charge in [-0.3, -0.25) is 19.2 Å². The molecule has 1 saturated heterocycles. The van der Waals surface area contributed by atoms with Gasteiger partial charge in [-0.2, -0.15) is 0 Å². The summed E-state index contributed by atoms with van der Waals surface area (Å²) in [5.41, 5.74) is 0.829. The van der Waals surface area contributed by atoms with E-state index in [1.807, 2.05) is 30.3 Å². The molecule has 8 nitrogen and oxygen atoms in total.